The van der Waals surface area contributed by atoms with E-state index in [1.54, 1.807) is 7.11 Å². The first-order chi connectivity index (χ1) is 11.2. The summed E-state index contributed by atoms with van der Waals surface area (Å²) in [5.41, 5.74) is 1.45. The van der Waals surface area contributed by atoms with Gasteiger partial charge in [0.25, 0.3) is 0 Å². The highest BCUT2D eigenvalue weighted by Crippen LogP contribution is 2.47. The molecule has 2 fully saturated rings. The lowest BCUT2D eigenvalue weighted by Crippen LogP contribution is -2.49. The summed E-state index contributed by atoms with van der Waals surface area (Å²) >= 11 is 0. The molecule has 1 atom stereocenters. The average molecular weight is 316 g/mol. The molecule has 0 bridgehead atoms. The number of nitrogens with zero attached hydrogens (tertiary/aromatic N) is 1. The molecule has 3 rings (SSSR count). The Bertz CT molecular complexity index is 537. The Balaban J connectivity index is 1.59. The first-order valence-electron chi connectivity index (χ1n) is 8.87. The first-order valence-corrected chi connectivity index (χ1v) is 8.87. The van der Waals surface area contributed by atoms with E-state index < -0.39 is 0 Å². The molecule has 0 spiro atoms. The van der Waals surface area contributed by atoms with Crippen molar-refractivity contribution in [2.75, 3.05) is 20.2 Å². The lowest BCUT2D eigenvalue weighted by molar-refractivity contribution is 0.148. The molecule has 1 aromatic rings. The van der Waals surface area contributed by atoms with Crippen LogP contribution in [0.25, 0.3) is 0 Å². The van der Waals surface area contributed by atoms with Crippen molar-refractivity contribution in [3.63, 3.8) is 0 Å². The van der Waals surface area contributed by atoms with E-state index in [-0.39, 0.29) is 11.4 Å². The van der Waals surface area contributed by atoms with Gasteiger partial charge in [-0.2, -0.15) is 0 Å². The van der Waals surface area contributed by atoms with Gasteiger partial charge in [0.15, 0.2) is 0 Å². The van der Waals surface area contributed by atoms with E-state index in [0.717, 1.165) is 50.9 Å². The summed E-state index contributed by atoms with van der Waals surface area (Å²) in [4.78, 5) is 14.6. The van der Waals surface area contributed by atoms with Crippen molar-refractivity contribution in [2.45, 2.75) is 56.9 Å². The Hall–Kier alpha value is -1.71. The third-order valence-electron chi connectivity index (χ3n) is 5.49. The van der Waals surface area contributed by atoms with Crippen LogP contribution in [0.5, 0.6) is 5.75 Å². The number of benzene rings is 1. The molecule has 2 aliphatic rings. The molecule has 4 heteroatoms. The number of carbonyl (C=O) groups excluding carboxylic acids is 1. The van der Waals surface area contributed by atoms with Gasteiger partial charge in [0.05, 0.1) is 7.11 Å². The second-order valence-corrected chi connectivity index (χ2v) is 6.92. The lowest BCUT2D eigenvalue weighted by atomic mass is 9.96. The third-order valence-corrected chi connectivity index (χ3v) is 5.49. The summed E-state index contributed by atoms with van der Waals surface area (Å²) in [6, 6.07) is 8.82. The van der Waals surface area contributed by atoms with Crippen LogP contribution in [0.2, 0.25) is 0 Å². The number of amides is 2. The number of nitrogens with one attached hydrogen (secondary N) is 1. The Labute approximate surface area is 139 Å². The number of methoxy groups -OCH3 is 1. The quantitative estimate of drug-likeness (QED) is 0.900. The molecule has 2 amide bonds. The van der Waals surface area contributed by atoms with Gasteiger partial charge in [-0.05, 0) is 56.2 Å². The molecule has 1 unspecified atom stereocenters. The highest BCUT2D eigenvalue weighted by atomic mass is 16.5. The predicted octanol–water partition coefficient (Wildman–Crippen LogP) is 3.70. The standard InChI is InChI=1S/C19H28N2O2/c1-3-16-6-4-5-13-21(16)18(22)20-14-19(11-12-19)15-7-9-17(23-2)10-8-15/h7-10,16H,3-6,11-14H2,1-2H3,(H,20,22). The fourth-order valence-electron chi connectivity index (χ4n) is 3.70. The zero-order valence-corrected chi connectivity index (χ0v) is 14.3. The fourth-order valence-corrected chi connectivity index (χ4v) is 3.70. The van der Waals surface area contributed by atoms with Crippen molar-refractivity contribution in [3.05, 3.63) is 29.8 Å². The van der Waals surface area contributed by atoms with Crippen LogP contribution in [0.3, 0.4) is 0 Å². The maximum Gasteiger partial charge on any atom is 0.317 e. The van der Waals surface area contributed by atoms with Gasteiger partial charge in [0.2, 0.25) is 0 Å². The first kappa shape index (κ1) is 16.2. The minimum absolute atomic E-state index is 0.122. The highest BCUT2D eigenvalue weighted by Gasteiger charge is 2.44. The molecule has 23 heavy (non-hydrogen) atoms. The molecular formula is C19H28N2O2. The van der Waals surface area contributed by atoms with E-state index in [4.69, 9.17) is 4.74 Å². The van der Waals surface area contributed by atoms with Crippen LogP contribution in [0.1, 0.15) is 51.0 Å². The van der Waals surface area contributed by atoms with Crippen LogP contribution >= 0.6 is 0 Å². The van der Waals surface area contributed by atoms with Gasteiger partial charge < -0.3 is 15.0 Å². The Morgan fingerprint density at radius 1 is 1.30 bits per heavy atom. The third kappa shape index (κ3) is 3.46. The minimum Gasteiger partial charge on any atom is -0.497 e. The van der Waals surface area contributed by atoms with Crippen molar-refractivity contribution < 1.29 is 9.53 Å². The van der Waals surface area contributed by atoms with E-state index in [0.29, 0.717) is 6.04 Å². The lowest BCUT2D eigenvalue weighted by Gasteiger charge is -2.35. The zero-order chi connectivity index (χ0) is 16.3. The molecule has 1 aliphatic heterocycles. The van der Waals surface area contributed by atoms with Gasteiger partial charge in [0, 0.05) is 24.5 Å². The summed E-state index contributed by atoms with van der Waals surface area (Å²) in [6.45, 7) is 3.82. The van der Waals surface area contributed by atoms with Crippen molar-refractivity contribution >= 4 is 6.03 Å². The number of rotatable bonds is 5. The van der Waals surface area contributed by atoms with Gasteiger partial charge >= 0.3 is 6.03 Å². The van der Waals surface area contributed by atoms with E-state index >= 15 is 0 Å². The molecule has 126 valence electrons. The van der Waals surface area contributed by atoms with Crippen LogP contribution in [0.4, 0.5) is 4.79 Å². The van der Waals surface area contributed by atoms with Gasteiger partial charge in [-0.25, -0.2) is 4.79 Å². The topological polar surface area (TPSA) is 41.6 Å². The molecule has 1 saturated heterocycles. The van der Waals surface area contributed by atoms with E-state index in [1.807, 2.05) is 17.0 Å². The Kier molecular flexibility index (Phi) is 4.79. The summed E-state index contributed by atoms with van der Waals surface area (Å²) < 4.78 is 5.23. The van der Waals surface area contributed by atoms with Crippen LogP contribution in [-0.4, -0.2) is 37.2 Å². The van der Waals surface area contributed by atoms with Crippen molar-refractivity contribution in [2.24, 2.45) is 0 Å². The fraction of sp³-hybridized carbons (Fsp3) is 0.632. The normalized spacial score (nSPS) is 22.5. The van der Waals surface area contributed by atoms with E-state index in [2.05, 4.69) is 24.4 Å². The number of hydrogen-bond acceptors (Lipinski definition) is 2. The molecule has 1 N–H and O–H groups in total. The van der Waals surface area contributed by atoms with Crippen molar-refractivity contribution in [3.8, 4) is 5.75 Å². The number of ether oxygens (including phenoxy) is 1. The SMILES string of the molecule is CCC1CCCCN1C(=O)NCC1(c2ccc(OC)cc2)CC1. The summed E-state index contributed by atoms with van der Waals surface area (Å²) in [7, 11) is 1.69. The molecule has 1 saturated carbocycles. The number of piperidine rings is 1. The largest absolute Gasteiger partial charge is 0.497 e. The smallest absolute Gasteiger partial charge is 0.317 e. The van der Waals surface area contributed by atoms with Gasteiger partial charge in [-0.15, -0.1) is 0 Å². The maximum absolute atomic E-state index is 12.6. The van der Waals surface area contributed by atoms with Crippen LogP contribution < -0.4 is 10.1 Å². The molecule has 1 aliphatic carbocycles. The highest BCUT2D eigenvalue weighted by molar-refractivity contribution is 5.75. The number of urea groups is 1. The predicted molar refractivity (Wildman–Crippen MR) is 91.9 cm³/mol. The average Bonchev–Trinajstić information content (AvgIpc) is 3.41. The monoisotopic (exact) mass is 316 g/mol. The molecule has 1 aromatic carbocycles. The maximum atomic E-state index is 12.6. The number of carbonyl (C=O) groups is 1. The summed E-state index contributed by atoms with van der Waals surface area (Å²) in [6.07, 6.45) is 6.88. The van der Waals surface area contributed by atoms with Crippen molar-refractivity contribution in [1.29, 1.82) is 0 Å². The molecule has 0 radical (unpaired) electrons. The molecule has 1 heterocycles. The number of hydrogen-bond donors (Lipinski definition) is 1. The zero-order valence-electron chi connectivity index (χ0n) is 14.3. The molecular weight excluding hydrogens is 288 g/mol. The Morgan fingerprint density at radius 3 is 2.65 bits per heavy atom. The Morgan fingerprint density at radius 2 is 2.04 bits per heavy atom. The van der Waals surface area contributed by atoms with Crippen LogP contribution in [0.15, 0.2) is 24.3 Å². The van der Waals surface area contributed by atoms with Gasteiger partial charge in [-0.3, -0.25) is 0 Å². The summed E-state index contributed by atoms with van der Waals surface area (Å²) in [5, 5.41) is 3.20. The number of likely N-dealkylation sites (tertiary alicyclic amines) is 1. The second-order valence-electron chi connectivity index (χ2n) is 6.92. The van der Waals surface area contributed by atoms with Crippen molar-refractivity contribution in [1.82, 2.24) is 10.2 Å². The summed E-state index contributed by atoms with van der Waals surface area (Å²) in [5.74, 6) is 0.882. The van der Waals surface area contributed by atoms with E-state index in [1.165, 1.54) is 12.0 Å². The van der Waals surface area contributed by atoms with Gasteiger partial charge in [0.1, 0.15) is 5.75 Å². The molecule has 0 aromatic heterocycles. The van der Waals surface area contributed by atoms with Crippen LogP contribution in [-0.2, 0) is 5.41 Å². The molecule has 4 nitrogen and oxygen atoms in total. The van der Waals surface area contributed by atoms with E-state index in [9.17, 15) is 4.79 Å². The second kappa shape index (κ2) is 6.81. The van der Waals surface area contributed by atoms with Gasteiger partial charge in [-0.1, -0.05) is 19.1 Å². The minimum atomic E-state index is 0.122. The van der Waals surface area contributed by atoms with Crippen LogP contribution in [0, 0.1) is 0 Å².